The number of carbonyl (C=O) groups is 1. The maximum atomic E-state index is 13.5. The van der Waals surface area contributed by atoms with Crippen LogP contribution in [0.3, 0.4) is 0 Å². The molecule has 41 heavy (non-hydrogen) atoms. The van der Waals surface area contributed by atoms with Crippen molar-refractivity contribution < 1.29 is 46.7 Å². The molecule has 0 bridgehead atoms. The molecule has 5 rings (SSSR count). The van der Waals surface area contributed by atoms with Gasteiger partial charge < -0.3 is 33.5 Å². The SMILES string of the molecule is COc1ccc(Cl)c(Oc2c(NS(=O)(=O)c3ccc4c(c3)OCO4)cc(C(=O)O)cc2Oc2ccccc2OC)c1. The number of para-hydroxylation sites is 2. The molecule has 0 aliphatic carbocycles. The molecule has 0 saturated heterocycles. The lowest BCUT2D eigenvalue weighted by Gasteiger charge is -2.20. The summed E-state index contributed by atoms with van der Waals surface area (Å²) in [6.45, 7) is -0.0458. The molecular weight excluding hydrogens is 578 g/mol. The zero-order chi connectivity index (χ0) is 29.1. The number of hydrogen-bond acceptors (Lipinski definition) is 9. The maximum absolute atomic E-state index is 13.5. The van der Waals surface area contributed by atoms with Gasteiger partial charge in [-0.25, -0.2) is 13.2 Å². The molecule has 0 fully saturated rings. The molecule has 0 radical (unpaired) electrons. The normalized spacial score (nSPS) is 12.0. The summed E-state index contributed by atoms with van der Waals surface area (Å²) in [5, 5.41) is 10.0. The molecule has 4 aromatic carbocycles. The Labute approximate surface area is 239 Å². The van der Waals surface area contributed by atoms with Crippen LogP contribution in [-0.2, 0) is 10.0 Å². The van der Waals surface area contributed by atoms with Gasteiger partial charge in [0.05, 0.1) is 35.4 Å². The number of anilines is 1. The summed E-state index contributed by atoms with van der Waals surface area (Å²) in [5.74, 6) is 0.00273. The topological polar surface area (TPSA) is 139 Å². The highest BCUT2D eigenvalue weighted by Crippen LogP contribution is 2.46. The van der Waals surface area contributed by atoms with Gasteiger partial charge in [0.15, 0.2) is 34.5 Å². The van der Waals surface area contributed by atoms with Crippen molar-refractivity contribution in [2.45, 2.75) is 4.90 Å². The second-order valence-electron chi connectivity index (χ2n) is 8.43. The van der Waals surface area contributed by atoms with E-state index in [4.69, 9.17) is 40.0 Å². The van der Waals surface area contributed by atoms with E-state index in [2.05, 4.69) is 4.72 Å². The first kappa shape index (κ1) is 27.7. The summed E-state index contributed by atoms with van der Waals surface area (Å²) in [5.41, 5.74) is -0.534. The van der Waals surface area contributed by atoms with Crippen molar-refractivity contribution in [2.24, 2.45) is 0 Å². The molecule has 1 heterocycles. The molecule has 0 saturated carbocycles. The van der Waals surface area contributed by atoms with Gasteiger partial charge >= 0.3 is 5.97 Å². The third-order valence-electron chi connectivity index (χ3n) is 5.84. The molecule has 1 aliphatic rings. The van der Waals surface area contributed by atoms with Crippen molar-refractivity contribution in [1.82, 2.24) is 0 Å². The third-order valence-corrected chi connectivity index (χ3v) is 7.52. The van der Waals surface area contributed by atoms with Crippen LogP contribution in [0.25, 0.3) is 0 Å². The van der Waals surface area contributed by atoms with Crippen LogP contribution in [0.4, 0.5) is 5.69 Å². The molecule has 11 nitrogen and oxygen atoms in total. The first-order chi connectivity index (χ1) is 19.7. The fourth-order valence-electron chi connectivity index (χ4n) is 3.85. The fourth-order valence-corrected chi connectivity index (χ4v) is 5.08. The Morgan fingerprint density at radius 2 is 1.61 bits per heavy atom. The van der Waals surface area contributed by atoms with E-state index in [1.807, 2.05) is 0 Å². The lowest BCUT2D eigenvalue weighted by Crippen LogP contribution is -2.14. The Morgan fingerprint density at radius 3 is 2.34 bits per heavy atom. The molecular formula is C28H22ClNO10S. The van der Waals surface area contributed by atoms with Crippen LogP contribution >= 0.6 is 11.6 Å². The maximum Gasteiger partial charge on any atom is 0.335 e. The highest BCUT2D eigenvalue weighted by molar-refractivity contribution is 7.92. The second kappa shape index (κ2) is 11.4. The number of carboxylic acid groups (broad SMARTS) is 1. The van der Waals surface area contributed by atoms with Crippen LogP contribution in [0.5, 0.6) is 46.0 Å². The third kappa shape index (κ3) is 5.88. The number of aromatic carboxylic acids is 1. The Hall–Kier alpha value is -4.81. The van der Waals surface area contributed by atoms with Gasteiger partial charge in [0.2, 0.25) is 6.79 Å². The van der Waals surface area contributed by atoms with E-state index in [1.54, 1.807) is 30.3 Å². The summed E-state index contributed by atoms with van der Waals surface area (Å²) in [4.78, 5) is 11.9. The minimum atomic E-state index is -4.31. The van der Waals surface area contributed by atoms with E-state index in [1.165, 1.54) is 50.6 Å². The summed E-state index contributed by atoms with van der Waals surface area (Å²) in [6.07, 6.45) is 0. The second-order valence-corrected chi connectivity index (χ2v) is 10.5. The van der Waals surface area contributed by atoms with Gasteiger partial charge in [-0.15, -0.1) is 0 Å². The van der Waals surface area contributed by atoms with E-state index >= 15 is 0 Å². The summed E-state index contributed by atoms with van der Waals surface area (Å²) >= 11 is 6.38. The first-order valence-electron chi connectivity index (χ1n) is 11.8. The number of sulfonamides is 1. The van der Waals surface area contributed by atoms with Crippen molar-refractivity contribution in [3.63, 3.8) is 0 Å². The van der Waals surface area contributed by atoms with E-state index in [-0.39, 0.29) is 56.7 Å². The highest BCUT2D eigenvalue weighted by Gasteiger charge is 2.26. The zero-order valence-electron chi connectivity index (χ0n) is 21.5. The van der Waals surface area contributed by atoms with Gasteiger partial charge in [0, 0.05) is 12.1 Å². The standard InChI is InChI=1S/C28H22ClNO10S/c1-35-17-7-9-19(29)24(13-17)40-27-20(30-41(33,34)18-8-10-22-25(14-18)38-15-37-22)11-16(28(31)32)12-26(27)39-23-6-4-3-5-21(23)36-2/h3-14,30H,15H2,1-2H3,(H,31,32). The lowest BCUT2D eigenvalue weighted by molar-refractivity contribution is 0.0696. The van der Waals surface area contributed by atoms with E-state index < -0.39 is 16.0 Å². The van der Waals surface area contributed by atoms with Gasteiger partial charge in [-0.1, -0.05) is 23.7 Å². The molecule has 0 amide bonds. The van der Waals surface area contributed by atoms with Crippen LogP contribution in [-0.4, -0.2) is 40.5 Å². The number of fused-ring (bicyclic) bond motifs is 1. The molecule has 2 N–H and O–H groups in total. The largest absolute Gasteiger partial charge is 0.497 e. The predicted molar refractivity (Wildman–Crippen MR) is 148 cm³/mol. The number of benzene rings is 4. The number of ether oxygens (including phenoxy) is 6. The molecule has 1 aliphatic heterocycles. The smallest absolute Gasteiger partial charge is 0.335 e. The fraction of sp³-hybridized carbons (Fsp3) is 0.107. The van der Waals surface area contributed by atoms with Gasteiger partial charge in [-0.05, 0) is 48.5 Å². The summed E-state index contributed by atoms with van der Waals surface area (Å²) < 4.78 is 62.8. The number of halogens is 1. The van der Waals surface area contributed by atoms with E-state index in [0.29, 0.717) is 17.2 Å². The highest BCUT2D eigenvalue weighted by atomic mass is 35.5. The predicted octanol–water partition coefficient (Wildman–Crippen LogP) is 6.17. The van der Waals surface area contributed by atoms with Crippen molar-refractivity contribution in [1.29, 1.82) is 0 Å². The molecule has 0 unspecified atom stereocenters. The molecule has 0 aromatic heterocycles. The number of hydrogen-bond donors (Lipinski definition) is 2. The molecule has 212 valence electrons. The Bertz CT molecular complexity index is 1740. The van der Waals surface area contributed by atoms with Crippen LogP contribution in [0.2, 0.25) is 5.02 Å². The average Bonchev–Trinajstić information content (AvgIpc) is 3.44. The minimum Gasteiger partial charge on any atom is -0.497 e. The van der Waals surface area contributed by atoms with Crippen molar-refractivity contribution >= 4 is 33.3 Å². The zero-order valence-corrected chi connectivity index (χ0v) is 23.1. The van der Waals surface area contributed by atoms with Crippen LogP contribution in [0.1, 0.15) is 10.4 Å². The Balaban J connectivity index is 1.66. The number of nitrogens with one attached hydrogen (secondary N) is 1. The molecule has 0 atom stereocenters. The summed E-state index contributed by atoms with van der Waals surface area (Å²) in [6, 6.07) is 17.6. The summed E-state index contributed by atoms with van der Waals surface area (Å²) in [7, 11) is -1.42. The van der Waals surface area contributed by atoms with Crippen molar-refractivity contribution in [2.75, 3.05) is 25.7 Å². The molecule has 4 aromatic rings. The van der Waals surface area contributed by atoms with Crippen molar-refractivity contribution in [3.05, 3.63) is 83.4 Å². The van der Waals surface area contributed by atoms with Gasteiger partial charge in [-0.3, -0.25) is 4.72 Å². The van der Waals surface area contributed by atoms with Crippen molar-refractivity contribution in [3.8, 4) is 46.0 Å². The lowest BCUT2D eigenvalue weighted by atomic mass is 10.1. The number of rotatable bonds is 10. The first-order valence-corrected chi connectivity index (χ1v) is 13.7. The van der Waals surface area contributed by atoms with E-state index in [0.717, 1.165) is 6.07 Å². The number of methoxy groups -OCH3 is 2. The Kier molecular flexibility index (Phi) is 7.68. The number of carboxylic acids is 1. The van der Waals surface area contributed by atoms with Gasteiger partial charge in [-0.2, -0.15) is 0 Å². The molecule has 13 heteroatoms. The quantitative estimate of drug-likeness (QED) is 0.217. The van der Waals surface area contributed by atoms with Crippen LogP contribution in [0.15, 0.2) is 77.7 Å². The average molecular weight is 600 g/mol. The van der Waals surface area contributed by atoms with Gasteiger partial charge in [0.25, 0.3) is 10.0 Å². The van der Waals surface area contributed by atoms with E-state index in [9.17, 15) is 18.3 Å². The Morgan fingerprint density at radius 1 is 0.854 bits per heavy atom. The molecule has 0 spiro atoms. The minimum absolute atomic E-state index is 0.0458. The van der Waals surface area contributed by atoms with Gasteiger partial charge in [0.1, 0.15) is 11.5 Å². The van der Waals surface area contributed by atoms with Crippen LogP contribution < -0.4 is 33.1 Å². The van der Waals surface area contributed by atoms with Crippen LogP contribution in [0, 0.1) is 0 Å². The monoisotopic (exact) mass is 599 g/mol.